The predicted molar refractivity (Wildman–Crippen MR) is 76.6 cm³/mol. The summed E-state index contributed by atoms with van der Waals surface area (Å²) in [5, 5.41) is 4.26. The van der Waals surface area contributed by atoms with Gasteiger partial charge in [-0.3, -0.25) is 4.90 Å². The molecule has 108 valence electrons. The molecule has 2 rings (SSSR count). The zero-order valence-corrected chi connectivity index (χ0v) is 12.3. The van der Waals surface area contributed by atoms with Crippen molar-refractivity contribution >= 4 is 0 Å². The lowest BCUT2D eigenvalue weighted by atomic mass is 9.83. The van der Waals surface area contributed by atoms with Crippen molar-refractivity contribution in [2.45, 2.75) is 58.7 Å². The van der Waals surface area contributed by atoms with Crippen LogP contribution < -0.4 is 5.73 Å². The Morgan fingerprint density at radius 2 is 2.16 bits per heavy atom. The topological polar surface area (TPSA) is 60.0 Å². The summed E-state index contributed by atoms with van der Waals surface area (Å²) in [6.45, 7) is 7.98. The number of hydrogen-bond acceptors (Lipinski definition) is 4. The number of aryl methyl sites for hydroxylation is 1. The first-order chi connectivity index (χ1) is 9.30. The lowest BCUT2D eigenvalue weighted by Crippen LogP contribution is -2.45. The van der Waals surface area contributed by atoms with Crippen LogP contribution in [-0.2, 0) is 13.1 Å². The van der Waals surface area contributed by atoms with E-state index in [2.05, 4.69) is 28.8 Å². The van der Waals surface area contributed by atoms with Gasteiger partial charge in [-0.1, -0.05) is 19.8 Å². The molecule has 2 unspecified atom stereocenters. The average Bonchev–Trinajstić information content (AvgIpc) is 2.92. The molecule has 19 heavy (non-hydrogen) atoms. The van der Waals surface area contributed by atoms with Crippen LogP contribution in [0.3, 0.4) is 0 Å². The molecule has 1 aliphatic rings. The van der Waals surface area contributed by atoms with Crippen molar-refractivity contribution in [3.8, 4) is 0 Å². The third-order valence-corrected chi connectivity index (χ3v) is 4.39. The van der Waals surface area contributed by atoms with Crippen LogP contribution in [0, 0.1) is 5.92 Å². The molecule has 1 aromatic heterocycles. The molecule has 0 amide bonds. The predicted octanol–water partition coefficient (Wildman–Crippen LogP) is 1.64. The maximum absolute atomic E-state index is 5.96. The molecule has 0 saturated heterocycles. The monoisotopic (exact) mass is 265 g/mol. The van der Waals surface area contributed by atoms with E-state index in [0.717, 1.165) is 32.0 Å². The fourth-order valence-corrected chi connectivity index (χ4v) is 3.26. The number of rotatable bonds is 6. The van der Waals surface area contributed by atoms with Crippen LogP contribution in [0.5, 0.6) is 0 Å². The first-order valence-corrected chi connectivity index (χ1v) is 7.60. The van der Waals surface area contributed by atoms with Crippen LogP contribution in [0.25, 0.3) is 0 Å². The first-order valence-electron chi connectivity index (χ1n) is 7.60. The lowest BCUT2D eigenvalue weighted by Gasteiger charge is -2.39. The standard InChI is InChI=1S/C14H27N5/c1-3-18(10-14-16-11-17-19(14)4-2)13-8-6-5-7-12(13)9-15/h11-13H,3-10,15H2,1-2H3. The van der Waals surface area contributed by atoms with E-state index in [4.69, 9.17) is 5.73 Å². The lowest BCUT2D eigenvalue weighted by molar-refractivity contribution is 0.101. The highest BCUT2D eigenvalue weighted by molar-refractivity contribution is 4.89. The number of nitrogens with two attached hydrogens (primary N) is 1. The summed E-state index contributed by atoms with van der Waals surface area (Å²) in [7, 11) is 0. The Morgan fingerprint density at radius 3 is 2.84 bits per heavy atom. The number of hydrogen-bond donors (Lipinski definition) is 1. The molecule has 0 radical (unpaired) electrons. The van der Waals surface area contributed by atoms with Crippen molar-refractivity contribution in [1.82, 2.24) is 19.7 Å². The van der Waals surface area contributed by atoms with Crippen molar-refractivity contribution in [3.63, 3.8) is 0 Å². The summed E-state index contributed by atoms with van der Waals surface area (Å²) in [6.07, 6.45) is 6.88. The number of nitrogens with zero attached hydrogens (tertiary/aromatic N) is 4. The molecule has 2 atom stereocenters. The van der Waals surface area contributed by atoms with Crippen LogP contribution in [0.15, 0.2) is 6.33 Å². The van der Waals surface area contributed by atoms with Gasteiger partial charge in [-0.2, -0.15) is 5.10 Å². The van der Waals surface area contributed by atoms with Crippen molar-refractivity contribution in [2.24, 2.45) is 11.7 Å². The Labute approximate surface area is 116 Å². The highest BCUT2D eigenvalue weighted by Gasteiger charge is 2.29. The van der Waals surface area contributed by atoms with Crippen LogP contribution in [-0.4, -0.2) is 38.8 Å². The van der Waals surface area contributed by atoms with Gasteiger partial charge in [0.05, 0.1) is 6.54 Å². The van der Waals surface area contributed by atoms with Gasteiger partial charge >= 0.3 is 0 Å². The molecular weight excluding hydrogens is 238 g/mol. The van der Waals surface area contributed by atoms with E-state index < -0.39 is 0 Å². The molecule has 5 heteroatoms. The Bertz CT molecular complexity index is 376. The summed E-state index contributed by atoms with van der Waals surface area (Å²) in [5.41, 5.74) is 5.96. The Hall–Kier alpha value is -0.940. The first kappa shape index (κ1) is 14.5. The van der Waals surface area contributed by atoms with E-state index in [1.54, 1.807) is 6.33 Å². The van der Waals surface area contributed by atoms with Crippen molar-refractivity contribution in [2.75, 3.05) is 13.1 Å². The smallest absolute Gasteiger partial charge is 0.141 e. The maximum atomic E-state index is 5.96. The normalized spacial score (nSPS) is 24.0. The van der Waals surface area contributed by atoms with Crippen LogP contribution >= 0.6 is 0 Å². The van der Waals surface area contributed by atoms with E-state index in [1.807, 2.05) is 4.68 Å². The van der Waals surface area contributed by atoms with Crippen LogP contribution in [0.4, 0.5) is 0 Å². The molecule has 1 fully saturated rings. The van der Waals surface area contributed by atoms with Gasteiger partial charge in [-0.25, -0.2) is 9.67 Å². The van der Waals surface area contributed by atoms with Crippen LogP contribution in [0.2, 0.25) is 0 Å². The second-order valence-corrected chi connectivity index (χ2v) is 5.40. The fourth-order valence-electron chi connectivity index (χ4n) is 3.26. The molecule has 1 aromatic rings. The number of aromatic nitrogens is 3. The van der Waals surface area contributed by atoms with Crippen molar-refractivity contribution in [3.05, 3.63) is 12.2 Å². The summed E-state index contributed by atoms with van der Waals surface area (Å²) in [4.78, 5) is 6.93. The van der Waals surface area contributed by atoms with Gasteiger partial charge in [0.1, 0.15) is 12.2 Å². The van der Waals surface area contributed by atoms with Gasteiger partial charge in [-0.05, 0) is 38.8 Å². The van der Waals surface area contributed by atoms with Gasteiger partial charge in [0.15, 0.2) is 0 Å². The minimum Gasteiger partial charge on any atom is -0.330 e. The Balaban J connectivity index is 2.06. The Kier molecular flexibility index (Phi) is 5.34. The van der Waals surface area contributed by atoms with Crippen LogP contribution in [0.1, 0.15) is 45.4 Å². The van der Waals surface area contributed by atoms with Crippen molar-refractivity contribution in [1.29, 1.82) is 0 Å². The zero-order chi connectivity index (χ0) is 13.7. The van der Waals surface area contributed by atoms with E-state index in [9.17, 15) is 0 Å². The van der Waals surface area contributed by atoms with E-state index in [0.29, 0.717) is 12.0 Å². The van der Waals surface area contributed by atoms with E-state index >= 15 is 0 Å². The van der Waals surface area contributed by atoms with Gasteiger partial charge in [-0.15, -0.1) is 0 Å². The molecule has 0 bridgehead atoms. The SMILES string of the molecule is CCN(Cc1ncnn1CC)C1CCCCC1CN. The molecule has 0 aromatic carbocycles. The van der Waals surface area contributed by atoms with Gasteiger partial charge in [0, 0.05) is 12.6 Å². The molecule has 1 aliphatic carbocycles. The van der Waals surface area contributed by atoms with E-state index in [1.165, 1.54) is 25.7 Å². The minimum atomic E-state index is 0.616. The fraction of sp³-hybridized carbons (Fsp3) is 0.857. The summed E-state index contributed by atoms with van der Waals surface area (Å²) < 4.78 is 1.99. The summed E-state index contributed by atoms with van der Waals surface area (Å²) in [5.74, 6) is 1.72. The highest BCUT2D eigenvalue weighted by atomic mass is 15.3. The Morgan fingerprint density at radius 1 is 1.37 bits per heavy atom. The summed E-state index contributed by atoms with van der Waals surface area (Å²) in [6, 6.07) is 0.616. The van der Waals surface area contributed by atoms with Crippen molar-refractivity contribution < 1.29 is 0 Å². The molecule has 1 heterocycles. The quantitative estimate of drug-likeness (QED) is 0.849. The minimum absolute atomic E-state index is 0.616. The summed E-state index contributed by atoms with van der Waals surface area (Å²) >= 11 is 0. The van der Waals surface area contributed by atoms with Gasteiger partial charge < -0.3 is 5.73 Å². The average molecular weight is 265 g/mol. The molecule has 0 aliphatic heterocycles. The van der Waals surface area contributed by atoms with Gasteiger partial charge in [0.2, 0.25) is 0 Å². The maximum Gasteiger partial charge on any atom is 0.141 e. The molecule has 1 saturated carbocycles. The zero-order valence-electron chi connectivity index (χ0n) is 12.3. The third kappa shape index (κ3) is 3.34. The largest absolute Gasteiger partial charge is 0.330 e. The molecular formula is C14H27N5. The molecule has 5 nitrogen and oxygen atoms in total. The molecule has 2 N–H and O–H groups in total. The highest BCUT2D eigenvalue weighted by Crippen LogP contribution is 2.28. The second-order valence-electron chi connectivity index (χ2n) is 5.40. The molecule has 0 spiro atoms. The van der Waals surface area contributed by atoms with E-state index in [-0.39, 0.29) is 0 Å². The third-order valence-electron chi connectivity index (χ3n) is 4.39. The second kappa shape index (κ2) is 7.01. The van der Waals surface area contributed by atoms with Gasteiger partial charge in [0.25, 0.3) is 0 Å².